The third-order valence-corrected chi connectivity index (χ3v) is 4.65. The van der Waals surface area contributed by atoms with Crippen molar-refractivity contribution in [1.29, 1.82) is 0 Å². The largest absolute Gasteiger partial charge is 0.449 e. The number of benzene rings is 2. The zero-order chi connectivity index (χ0) is 18.7. The first-order chi connectivity index (χ1) is 12.5. The van der Waals surface area contributed by atoms with E-state index in [-0.39, 0.29) is 18.4 Å². The predicted octanol–water partition coefficient (Wildman–Crippen LogP) is 2.97. The summed E-state index contributed by atoms with van der Waals surface area (Å²) in [5.74, 6) is 4.01. The molecular weight excluding hydrogens is 332 g/mol. The molecule has 3 N–H and O–H groups in total. The monoisotopic (exact) mass is 354 g/mol. The summed E-state index contributed by atoms with van der Waals surface area (Å²) in [5, 5.41) is 2.52. The van der Waals surface area contributed by atoms with Crippen molar-refractivity contribution < 1.29 is 19.2 Å². The first kappa shape index (κ1) is 17.9. The van der Waals surface area contributed by atoms with Gasteiger partial charge in [0.25, 0.3) is 0 Å². The van der Waals surface area contributed by atoms with Gasteiger partial charge in [0.15, 0.2) is 0 Å². The quantitative estimate of drug-likeness (QED) is 0.806. The Kier molecular flexibility index (Phi) is 5.23. The summed E-state index contributed by atoms with van der Waals surface area (Å²) in [4.78, 5) is 28.1. The SMILES string of the molecule is CC(C)[C@H](NC(=O)OCC1c2ccccc2-c2ccccc21)C(=O)ON. The van der Waals surface area contributed by atoms with Crippen LogP contribution in [0, 0.1) is 5.92 Å². The topological polar surface area (TPSA) is 90.6 Å². The van der Waals surface area contributed by atoms with Crippen molar-refractivity contribution in [2.75, 3.05) is 6.61 Å². The zero-order valence-corrected chi connectivity index (χ0v) is 14.8. The van der Waals surface area contributed by atoms with Crippen molar-refractivity contribution in [2.24, 2.45) is 11.8 Å². The number of ether oxygens (including phenoxy) is 1. The van der Waals surface area contributed by atoms with E-state index in [1.165, 1.54) is 0 Å². The normalized spacial score (nSPS) is 13.7. The van der Waals surface area contributed by atoms with E-state index in [2.05, 4.69) is 22.3 Å². The van der Waals surface area contributed by atoms with Crippen LogP contribution < -0.4 is 11.2 Å². The number of hydrogen-bond acceptors (Lipinski definition) is 5. The highest BCUT2D eigenvalue weighted by Gasteiger charge is 2.30. The van der Waals surface area contributed by atoms with Crippen molar-refractivity contribution in [3.05, 3.63) is 59.7 Å². The molecule has 1 atom stereocenters. The lowest BCUT2D eigenvalue weighted by molar-refractivity contribution is -0.147. The van der Waals surface area contributed by atoms with Gasteiger partial charge in [-0.25, -0.2) is 9.59 Å². The molecule has 0 aliphatic heterocycles. The average molecular weight is 354 g/mol. The van der Waals surface area contributed by atoms with Crippen molar-refractivity contribution in [3.8, 4) is 11.1 Å². The van der Waals surface area contributed by atoms with Gasteiger partial charge in [-0.05, 0) is 28.2 Å². The van der Waals surface area contributed by atoms with Crippen molar-refractivity contribution in [3.63, 3.8) is 0 Å². The maximum Gasteiger partial charge on any atom is 0.407 e. The molecule has 6 heteroatoms. The molecule has 2 aromatic rings. The van der Waals surface area contributed by atoms with E-state index in [1.54, 1.807) is 13.8 Å². The average Bonchev–Trinajstić information content (AvgIpc) is 2.97. The van der Waals surface area contributed by atoms with Gasteiger partial charge in [-0.1, -0.05) is 62.4 Å². The third-order valence-electron chi connectivity index (χ3n) is 4.65. The summed E-state index contributed by atoms with van der Waals surface area (Å²) in [6, 6.07) is 15.3. The smallest absolute Gasteiger partial charge is 0.407 e. The number of fused-ring (bicyclic) bond motifs is 3. The van der Waals surface area contributed by atoms with E-state index in [4.69, 9.17) is 10.6 Å². The highest BCUT2D eigenvalue weighted by atomic mass is 16.7. The minimum atomic E-state index is -0.851. The molecule has 1 amide bonds. The minimum absolute atomic E-state index is 0.0351. The van der Waals surface area contributed by atoms with Crippen LogP contribution in [0.25, 0.3) is 11.1 Å². The number of carbonyl (C=O) groups is 2. The summed E-state index contributed by atoms with van der Waals surface area (Å²) in [6.45, 7) is 3.75. The van der Waals surface area contributed by atoms with Gasteiger partial charge in [-0.2, -0.15) is 5.90 Å². The van der Waals surface area contributed by atoms with Gasteiger partial charge in [0.1, 0.15) is 12.6 Å². The number of nitrogens with one attached hydrogen (secondary N) is 1. The highest BCUT2D eigenvalue weighted by Crippen LogP contribution is 2.44. The molecule has 0 radical (unpaired) electrons. The van der Waals surface area contributed by atoms with Gasteiger partial charge in [-0.15, -0.1) is 0 Å². The molecule has 3 rings (SSSR count). The third kappa shape index (κ3) is 3.41. The Balaban J connectivity index is 1.72. The van der Waals surface area contributed by atoms with Crippen molar-refractivity contribution in [2.45, 2.75) is 25.8 Å². The number of nitrogens with two attached hydrogens (primary N) is 1. The number of hydrogen-bond donors (Lipinski definition) is 2. The van der Waals surface area contributed by atoms with Gasteiger partial charge in [0.05, 0.1) is 0 Å². The molecule has 0 saturated heterocycles. The minimum Gasteiger partial charge on any atom is -0.449 e. The fraction of sp³-hybridized carbons (Fsp3) is 0.300. The van der Waals surface area contributed by atoms with Crippen LogP contribution in [0.5, 0.6) is 0 Å². The van der Waals surface area contributed by atoms with Gasteiger partial charge >= 0.3 is 12.1 Å². The lowest BCUT2D eigenvalue weighted by Gasteiger charge is -2.20. The number of alkyl carbamates (subject to hydrolysis) is 1. The van der Waals surface area contributed by atoms with Gasteiger partial charge in [0.2, 0.25) is 0 Å². The van der Waals surface area contributed by atoms with E-state index in [0.717, 1.165) is 22.3 Å². The maximum atomic E-state index is 12.2. The van der Waals surface area contributed by atoms with Crippen LogP contribution in [0.15, 0.2) is 48.5 Å². The molecule has 0 heterocycles. The number of carbonyl (C=O) groups excluding carboxylic acids is 2. The zero-order valence-electron chi connectivity index (χ0n) is 14.8. The fourth-order valence-corrected chi connectivity index (χ4v) is 3.34. The van der Waals surface area contributed by atoms with Crippen LogP contribution in [0.2, 0.25) is 0 Å². The Morgan fingerprint density at radius 3 is 2.08 bits per heavy atom. The molecule has 0 aromatic heterocycles. The second-order valence-electron chi connectivity index (χ2n) is 6.63. The Morgan fingerprint density at radius 2 is 1.58 bits per heavy atom. The molecule has 136 valence electrons. The Hall–Kier alpha value is -2.86. The molecule has 0 spiro atoms. The molecule has 2 aromatic carbocycles. The standard InChI is InChI=1S/C20H22N2O4/c1-12(2)18(19(23)26-21)22-20(24)25-11-17-15-9-5-3-7-13(15)14-8-4-6-10-16(14)17/h3-10,12,17-18H,11,21H2,1-2H3,(H,22,24)/t18-/m0/s1. The molecule has 0 fully saturated rings. The molecule has 1 aliphatic carbocycles. The summed E-state index contributed by atoms with van der Waals surface area (Å²) in [5.41, 5.74) is 4.57. The van der Waals surface area contributed by atoms with Crippen molar-refractivity contribution >= 4 is 12.1 Å². The van der Waals surface area contributed by atoms with Crippen LogP contribution in [0.1, 0.15) is 30.9 Å². The van der Waals surface area contributed by atoms with Crippen LogP contribution in [-0.4, -0.2) is 24.7 Å². The summed E-state index contributed by atoms with van der Waals surface area (Å²) in [7, 11) is 0. The first-order valence-electron chi connectivity index (χ1n) is 8.55. The summed E-state index contributed by atoms with van der Waals surface area (Å²) >= 11 is 0. The van der Waals surface area contributed by atoms with E-state index in [9.17, 15) is 9.59 Å². The first-order valence-corrected chi connectivity index (χ1v) is 8.55. The molecule has 26 heavy (non-hydrogen) atoms. The lowest BCUT2D eigenvalue weighted by Crippen LogP contribution is -2.46. The number of amides is 1. The predicted molar refractivity (Wildman–Crippen MR) is 97.1 cm³/mol. The number of rotatable bonds is 5. The molecule has 0 saturated carbocycles. The Labute approximate surface area is 152 Å². The van der Waals surface area contributed by atoms with E-state index >= 15 is 0 Å². The van der Waals surface area contributed by atoms with Crippen LogP contribution in [-0.2, 0) is 14.4 Å². The van der Waals surface area contributed by atoms with Crippen molar-refractivity contribution in [1.82, 2.24) is 5.32 Å². The molecule has 1 aliphatic rings. The summed E-state index contributed by atoms with van der Waals surface area (Å²) < 4.78 is 5.42. The second-order valence-corrected chi connectivity index (χ2v) is 6.63. The van der Waals surface area contributed by atoms with Crippen LogP contribution in [0.4, 0.5) is 4.79 Å². The van der Waals surface area contributed by atoms with Crippen LogP contribution in [0.3, 0.4) is 0 Å². The molecule has 0 unspecified atom stereocenters. The van der Waals surface area contributed by atoms with E-state index in [0.29, 0.717) is 0 Å². The second kappa shape index (κ2) is 7.58. The molecule has 0 bridgehead atoms. The van der Waals surface area contributed by atoms with Gasteiger partial charge in [-0.3, -0.25) is 0 Å². The lowest BCUT2D eigenvalue weighted by atomic mass is 9.98. The van der Waals surface area contributed by atoms with Crippen LogP contribution >= 0.6 is 0 Å². The fourth-order valence-electron chi connectivity index (χ4n) is 3.34. The van der Waals surface area contributed by atoms with E-state index in [1.807, 2.05) is 36.4 Å². The highest BCUT2D eigenvalue weighted by molar-refractivity contribution is 5.82. The summed E-state index contributed by atoms with van der Waals surface area (Å²) in [6.07, 6.45) is -0.670. The van der Waals surface area contributed by atoms with E-state index < -0.39 is 18.1 Å². The van der Waals surface area contributed by atoms with Gasteiger partial charge in [0, 0.05) is 5.92 Å². The molecule has 6 nitrogen and oxygen atoms in total. The Bertz CT molecular complexity index is 773. The molecular formula is C20H22N2O4. The Morgan fingerprint density at radius 1 is 1.04 bits per heavy atom. The van der Waals surface area contributed by atoms with Gasteiger partial charge < -0.3 is 14.9 Å². The maximum absolute atomic E-state index is 12.2.